The molecule has 1 aromatic rings. The molecule has 0 heterocycles. The van der Waals surface area contributed by atoms with Crippen molar-refractivity contribution in [2.24, 2.45) is 11.7 Å². The van der Waals surface area contributed by atoms with E-state index in [9.17, 15) is 9.18 Å². The molecule has 3 N–H and O–H groups in total. The predicted molar refractivity (Wildman–Crippen MR) is 62.6 cm³/mol. The number of carbonyl (C=O) groups is 1. The van der Waals surface area contributed by atoms with Crippen LogP contribution in [0.3, 0.4) is 0 Å². The Morgan fingerprint density at radius 3 is 2.56 bits per heavy atom. The summed E-state index contributed by atoms with van der Waals surface area (Å²) in [4.78, 5) is 11.6. The first kappa shape index (κ1) is 12.6. The molecule has 4 heteroatoms. The van der Waals surface area contributed by atoms with E-state index in [0.29, 0.717) is 11.3 Å². The highest BCUT2D eigenvalue weighted by Crippen LogP contribution is 2.14. The number of aryl methyl sites for hydroxylation is 1. The van der Waals surface area contributed by atoms with E-state index in [1.807, 2.05) is 13.8 Å². The molecule has 16 heavy (non-hydrogen) atoms. The van der Waals surface area contributed by atoms with Crippen molar-refractivity contribution in [1.29, 1.82) is 0 Å². The minimum atomic E-state index is -0.579. The highest BCUT2D eigenvalue weighted by Gasteiger charge is 2.17. The van der Waals surface area contributed by atoms with E-state index in [4.69, 9.17) is 5.73 Å². The van der Waals surface area contributed by atoms with Gasteiger partial charge in [0, 0.05) is 5.69 Å². The number of halogens is 1. The number of benzene rings is 1. The maximum absolute atomic E-state index is 13.2. The van der Waals surface area contributed by atoms with Crippen molar-refractivity contribution in [2.45, 2.75) is 26.8 Å². The van der Waals surface area contributed by atoms with Gasteiger partial charge in [-0.1, -0.05) is 19.9 Å². The molecule has 0 spiro atoms. The summed E-state index contributed by atoms with van der Waals surface area (Å²) in [6.45, 7) is 5.39. The number of hydrogen-bond donors (Lipinski definition) is 2. The molecule has 0 radical (unpaired) electrons. The van der Waals surface area contributed by atoms with Gasteiger partial charge in [0.2, 0.25) is 5.91 Å². The highest BCUT2D eigenvalue weighted by molar-refractivity contribution is 5.94. The predicted octanol–water partition coefficient (Wildman–Crippen LogP) is 2.06. The van der Waals surface area contributed by atoms with Gasteiger partial charge in [-0.2, -0.15) is 0 Å². The number of hydrogen-bond acceptors (Lipinski definition) is 2. The third-order valence-corrected chi connectivity index (χ3v) is 2.46. The Hall–Kier alpha value is -1.42. The zero-order valence-corrected chi connectivity index (χ0v) is 9.75. The second kappa shape index (κ2) is 5.07. The Morgan fingerprint density at radius 2 is 2.06 bits per heavy atom. The number of amides is 1. The lowest BCUT2D eigenvalue weighted by Gasteiger charge is -2.15. The zero-order chi connectivity index (χ0) is 12.3. The van der Waals surface area contributed by atoms with E-state index < -0.39 is 6.04 Å². The van der Waals surface area contributed by atoms with Crippen LogP contribution in [0, 0.1) is 18.7 Å². The first-order valence-corrected chi connectivity index (χ1v) is 5.24. The minimum Gasteiger partial charge on any atom is -0.325 e. The van der Waals surface area contributed by atoms with Gasteiger partial charge in [-0.15, -0.1) is 0 Å². The van der Waals surface area contributed by atoms with Crippen LogP contribution >= 0.6 is 0 Å². The average molecular weight is 224 g/mol. The summed E-state index contributed by atoms with van der Waals surface area (Å²) in [5, 5.41) is 2.59. The fourth-order valence-electron chi connectivity index (χ4n) is 1.20. The lowest BCUT2D eigenvalue weighted by Crippen LogP contribution is -2.39. The van der Waals surface area contributed by atoms with Gasteiger partial charge >= 0.3 is 0 Å². The van der Waals surface area contributed by atoms with Crippen molar-refractivity contribution in [3.63, 3.8) is 0 Å². The third kappa shape index (κ3) is 3.03. The summed E-state index contributed by atoms with van der Waals surface area (Å²) in [6.07, 6.45) is 0. The van der Waals surface area contributed by atoms with Crippen LogP contribution in [0.4, 0.5) is 10.1 Å². The molecule has 0 aliphatic rings. The van der Waals surface area contributed by atoms with E-state index in [1.165, 1.54) is 6.07 Å². The molecule has 0 fully saturated rings. The van der Waals surface area contributed by atoms with E-state index in [-0.39, 0.29) is 17.6 Å². The van der Waals surface area contributed by atoms with Crippen molar-refractivity contribution in [2.75, 3.05) is 5.32 Å². The van der Waals surface area contributed by atoms with Crippen molar-refractivity contribution in [3.05, 3.63) is 29.6 Å². The number of nitrogens with one attached hydrogen (secondary N) is 1. The van der Waals surface area contributed by atoms with Crippen LogP contribution in [0.2, 0.25) is 0 Å². The van der Waals surface area contributed by atoms with Crippen LogP contribution in [0.25, 0.3) is 0 Å². The molecule has 1 atom stereocenters. The average Bonchev–Trinajstić information content (AvgIpc) is 2.22. The Kier molecular flexibility index (Phi) is 4.01. The Morgan fingerprint density at radius 1 is 1.44 bits per heavy atom. The summed E-state index contributed by atoms with van der Waals surface area (Å²) in [5.74, 6) is -0.579. The maximum Gasteiger partial charge on any atom is 0.241 e. The minimum absolute atomic E-state index is 0.0512. The van der Waals surface area contributed by atoms with Gasteiger partial charge in [0.05, 0.1) is 6.04 Å². The van der Waals surface area contributed by atoms with Gasteiger partial charge in [0.15, 0.2) is 0 Å². The van der Waals surface area contributed by atoms with Gasteiger partial charge in [-0.05, 0) is 30.5 Å². The van der Waals surface area contributed by atoms with Crippen LogP contribution in [-0.4, -0.2) is 11.9 Å². The lowest BCUT2D eigenvalue weighted by atomic mass is 10.0. The Balaban J connectivity index is 2.74. The third-order valence-electron chi connectivity index (χ3n) is 2.46. The zero-order valence-electron chi connectivity index (χ0n) is 9.75. The van der Waals surface area contributed by atoms with E-state index in [1.54, 1.807) is 19.1 Å². The van der Waals surface area contributed by atoms with Crippen molar-refractivity contribution in [1.82, 2.24) is 0 Å². The molecule has 0 aliphatic heterocycles. The van der Waals surface area contributed by atoms with Gasteiger partial charge < -0.3 is 11.1 Å². The molecular formula is C12H17FN2O. The quantitative estimate of drug-likeness (QED) is 0.825. The fraction of sp³-hybridized carbons (Fsp3) is 0.417. The van der Waals surface area contributed by atoms with Crippen LogP contribution in [-0.2, 0) is 4.79 Å². The molecule has 0 aliphatic carbocycles. The number of anilines is 1. The van der Waals surface area contributed by atoms with Crippen molar-refractivity contribution >= 4 is 11.6 Å². The molecule has 3 nitrogen and oxygen atoms in total. The standard InChI is InChI=1S/C12H17FN2O/c1-7(2)11(14)12(16)15-9-5-4-8(3)10(13)6-9/h4-7,11H,14H2,1-3H3,(H,15,16)/t11-/m1/s1. The molecule has 88 valence electrons. The van der Waals surface area contributed by atoms with Gasteiger partial charge in [-0.25, -0.2) is 4.39 Å². The second-order valence-corrected chi connectivity index (χ2v) is 4.22. The van der Waals surface area contributed by atoms with Crippen LogP contribution in [0.1, 0.15) is 19.4 Å². The number of carbonyl (C=O) groups excluding carboxylic acids is 1. The second-order valence-electron chi connectivity index (χ2n) is 4.22. The van der Waals surface area contributed by atoms with Crippen LogP contribution in [0.15, 0.2) is 18.2 Å². The maximum atomic E-state index is 13.2. The monoisotopic (exact) mass is 224 g/mol. The topological polar surface area (TPSA) is 55.1 Å². The van der Waals surface area contributed by atoms with Gasteiger partial charge in [-0.3, -0.25) is 4.79 Å². The van der Waals surface area contributed by atoms with Crippen LogP contribution in [0.5, 0.6) is 0 Å². The van der Waals surface area contributed by atoms with E-state index in [2.05, 4.69) is 5.32 Å². The smallest absolute Gasteiger partial charge is 0.241 e. The summed E-state index contributed by atoms with van der Waals surface area (Å²) in [7, 11) is 0. The first-order valence-electron chi connectivity index (χ1n) is 5.24. The fourth-order valence-corrected chi connectivity index (χ4v) is 1.20. The Labute approximate surface area is 94.8 Å². The first-order chi connectivity index (χ1) is 7.41. The summed E-state index contributed by atoms with van der Waals surface area (Å²) in [6, 6.07) is 3.99. The SMILES string of the molecule is Cc1ccc(NC(=O)[C@H](N)C(C)C)cc1F. The molecule has 0 aromatic heterocycles. The highest BCUT2D eigenvalue weighted by atomic mass is 19.1. The molecule has 1 rings (SSSR count). The summed E-state index contributed by atoms with van der Waals surface area (Å²) >= 11 is 0. The van der Waals surface area contributed by atoms with E-state index >= 15 is 0 Å². The molecular weight excluding hydrogens is 207 g/mol. The molecule has 0 saturated carbocycles. The molecule has 0 bridgehead atoms. The number of nitrogens with two attached hydrogens (primary N) is 1. The van der Waals surface area contributed by atoms with Crippen molar-refractivity contribution in [3.8, 4) is 0 Å². The number of rotatable bonds is 3. The normalized spacial score (nSPS) is 12.6. The van der Waals surface area contributed by atoms with Gasteiger partial charge in [0.25, 0.3) is 0 Å². The Bertz CT molecular complexity index is 391. The van der Waals surface area contributed by atoms with Gasteiger partial charge in [0.1, 0.15) is 5.82 Å². The molecule has 1 aromatic carbocycles. The summed E-state index contributed by atoms with van der Waals surface area (Å²) in [5.41, 5.74) is 6.65. The summed E-state index contributed by atoms with van der Waals surface area (Å²) < 4.78 is 13.2. The molecule has 0 saturated heterocycles. The molecule has 0 unspecified atom stereocenters. The van der Waals surface area contributed by atoms with Crippen molar-refractivity contribution < 1.29 is 9.18 Å². The molecule has 1 amide bonds. The lowest BCUT2D eigenvalue weighted by molar-refractivity contribution is -0.118. The largest absolute Gasteiger partial charge is 0.325 e. The van der Waals surface area contributed by atoms with Crippen LogP contribution < -0.4 is 11.1 Å². The van der Waals surface area contributed by atoms with E-state index in [0.717, 1.165) is 0 Å².